The average molecular weight is 313 g/mol. The Bertz CT molecular complexity index is 773. The first-order valence-electron chi connectivity index (χ1n) is 5.44. The quantitative estimate of drug-likeness (QED) is 0.642. The van der Waals surface area contributed by atoms with Crippen molar-refractivity contribution in [2.24, 2.45) is 0 Å². The maximum Gasteiger partial charge on any atom is 0.363 e. The molecule has 2 rings (SSSR count). The van der Waals surface area contributed by atoms with E-state index >= 15 is 0 Å². The molecule has 0 bridgehead atoms. The molecule has 20 heavy (non-hydrogen) atoms. The Hall–Kier alpha value is -1.99. The van der Waals surface area contributed by atoms with Gasteiger partial charge in [-0.05, 0) is 46.7 Å². The Labute approximate surface area is 120 Å². The molecule has 0 fully saturated rings. The van der Waals surface area contributed by atoms with Gasteiger partial charge in [0.1, 0.15) is 4.90 Å². The largest absolute Gasteiger partial charge is 0.363 e. The van der Waals surface area contributed by atoms with Crippen LogP contribution in [0.2, 0.25) is 5.02 Å². The van der Waals surface area contributed by atoms with Crippen LogP contribution >= 0.6 is 11.6 Å². The van der Waals surface area contributed by atoms with Gasteiger partial charge in [0.05, 0.1) is 4.90 Å². The molecule has 2 aromatic rings. The summed E-state index contributed by atoms with van der Waals surface area (Å²) in [4.78, 5) is 13.3. The third kappa shape index (κ3) is 2.63. The fourth-order valence-corrected chi connectivity index (χ4v) is 2.97. The summed E-state index contributed by atoms with van der Waals surface area (Å²) in [6.07, 6.45) is 0.970. The number of hydrogen-bond acceptors (Lipinski definition) is 5. The lowest BCUT2D eigenvalue weighted by Crippen LogP contribution is -2.03. The van der Waals surface area contributed by atoms with Crippen molar-refractivity contribution in [1.82, 2.24) is 4.98 Å². The van der Waals surface area contributed by atoms with Crippen LogP contribution in [-0.2, 0) is 9.84 Å². The number of nitro groups is 1. The van der Waals surface area contributed by atoms with E-state index in [-0.39, 0.29) is 9.79 Å². The van der Waals surface area contributed by atoms with Crippen molar-refractivity contribution in [1.29, 1.82) is 0 Å². The van der Waals surface area contributed by atoms with Crippen LogP contribution in [0.5, 0.6) is 0 Å². The second-order valence-corrected chi connectivity index (χ2v) is 6.38. The van der Waals surface area contributed by atoms with E-state index in [2.05, 4.69) is 4.98 Å². The summed E-state index contributed by atoms with van der Waals surface area (Å²) in [6.45, 7) is 1.69. The molecule has 0 aliphatic carbocycles. The Morgan fingerprint density at radius 3 is 2.35 bits per heavy atom. The van der Waals surface area contributed by atoms with E-state index in [0.29, 0.717) is 10.6 Å². The van der Waals surface area contributed by atoms with Crippen molar-refractivity contribution in [3.63, 3.8) is 0 Å². The van der Waals surface area contributed by atoms with Crippen molar-refractivity contribution in [3.05, 3.63) is 57.2 Å². The summed E-state index contributed by atoms with van der Waals surface area (Å²) >= 11 is 5.85. The van der Waals surface area contributed by atoms with Gasteiger partial charge in [-0.2, -0.15) is 0 Å². The van der Waals surface area contributed by atoms with Gasteiger partial charge in [0, 0.05) is 11.1 Å². The van der Waals surface area contributed by atoms with Crippen LogP contribution in [0.4, 0.5) is 5.82 Å². The molecule has 1 aromatic carbocycles. The molecule has 6 nitrogen and oxygen atoms in total. The monoisotopic (exact) mass is 312 g/mol. The van der Waals surface area contributed by atoms with Crippen molar-refractivity contribution < 1.29 is 13.3 Å². The first-order valence-corrected chi connectivity index (χ1v) is 7.30. The second-order valence-electron chi connectivity index (χ2n) is 4.02. The van der Waals surface area contributed by atoms with E-state index < -0.39 is 20.6 Å². The van der Waals surface area contributed by atoms with Gasteiger partial charge in [-0.15, -0.1) is 0 Å². The molecule has 0 saturated heterocycles. The van der Waals surface area contributed by atoms with Crippen molar-refractivity contribution in [2.45, 2.75) is 16.7 Å². The summed E-state index contributed by atoms with van der Waals surface area (Å²) in [5, 5.41) is 11.0. The molecule has 1 aromatic heterocycles. The summed E-state index contributed by atoms with van der Waals surface area (Å²) < 4.78 is 24.7. The van der Waals surface area contributed by atoms with Gasteiger partial charge in [0.2, 0.25) is 9.84 Å². The SMILES string of the molecule is Cc1cc(S(=O)(=O)c2ccc([N+](=O)[O-])nc2)ccc1Cl. The van der Waals surface area contributed by atoms with Gasteiger partial charge in [-0.25, -0.2) is 8.42 Å². The highest BCUT2D eigenvalue weighted by Crippen LogP contribution is 2.25. The molecule has 0 aliphatic heterocycles. The number of nitrogens with zero attached hydrogens (tertiary/aromatic N) is 2. The molecule has 1 heterocycles. The number of hydrogen-bond donors (Lipinski definition) is 0. The van der Waals surface area contributed by atoms with Gasteiger partial charge in [-0.3, -0.25) is 0 Å². The maximum atomic E-state index is 12.3. The number of sulfone groups is 1. The number of aromatic nitrogens is 1. The van der Waals surface area contributed by atoms with Gasteiger partial charge in [0.25, 0.3) is 0 Å². The zero-order chi connectivity index (χ0) is 14.9. The molecule has 104 valence electrons. The predicted molar refractivity (Wildman–Crippen MR) is 72.5 cm³/mol. The zero-order valence-electron chi connectivity index (χ0n) is 10.3. The van der Waals surface area contributed by atoms with Crippen LogP contribution < -0.4 is 0 Å². The smallest absolute Gasteiger partial charge is 0.358 e. The fourth-order valence-electron chi connectivity index (χ4n) is 1.56. The third-order valence-corrected chi connectivity index (χ3v) is 4.82. The standard InChI is InChI=1S/C12H9ClN2O4S/c1-8-6-9(2-4-11(8)13)20(18,19)10-3-5-12(14-7-10)15(16)17/h2-7H,1H3. The molecule has 0 unspecified atom stereocenters. The first-order chi connectivity index (χ1) is 9.32. The average Bonchev–Trinajstić information content (AvgIpc) is 2.41. The Kier molecular flexibility index (Phi) is 3.74. The van der Waals surface area contributed by atoms with E-state index in [1.807, 2.05) is 0 Å². The lowest BCUT2D eigenvalue weighted by molar-refractivity contribution is -0.389. The Morgan fingerprint density at radius 1 is 1.20 bits per heavy atom. The molecular weight excluding hydrogens is 304 g/mol. The fraction of sp³-hybridized carbons (Fsp3) is 0.0833. The molecule has 0 aliphatic rings. The highest BCUT2D eigenvalue weighted by Gasteiger charge is 2.21. The van der Waals surface area contributed by atoms with E-state index in [1.165, 1.54) is 18.2 Å². The Balaban J connectivity index is 2.49. The van der Waals surface area contributed by atoms with Gasteiger partial charge in [0.15, 0.2) is 6.20 Å². The summed E-state index contributed by atoms with van der Waals surface area (Å²) in [6, 6.07) is 6.52. The summed E-state index contributed by atoms with van der Waals surface area (Å²) in [5.74, 6) is -0.406. The maximum absolute atomic E-state index is 12.3. The minimum absolute atomic E-state index is 0.0649. The van der Waals surface area contributed by atoms with Crippen molar-refractivity contribution >= 4 is 27.3 Å². The van der Waals surface area contributed by atoms with E-state index in [0.717, 1.165) is 18.3 Å². The minimum Gasteiger partial charge on any atom is -0.358 e. The van der Waals surface area contributed by atoms with Crippen LogP contribution in [0.25, 0.3) is 0 Å². The molecule has 0 radical (unpaired) electrons. The molecule has 0 amide bonds. The molecule has 0 atom stereocenters. The van der Waals surface area contributed by atoms with E-state index in [9.17, 15) is 18.5 Å². The van der Waals surface area contributed by atoms with Crippen LogP contribution in [0, 0.1) is 17.0 Å². The Morgan fingerprint density at radius 2 is 1.85 bits per heavy atom. The second kappa shape index (κ2) is 5.18. The van der Waals surface area contributed by atoms with Gasteiger partial charge in [-0.1, -0.05) is 11.6 Å². The van der Waals surface area contributed by atoms with Gasteiger partial charge >= 0.3 is 5.82 Å². The lowest BCUT2D eigenvalue weighted by atomic mass is 10.2. The van der Waals surface area contributed by atoms with Crippen molar-refractivity contribution in [2.75, 3.05) is 0 Å². The number of halogens is 1. The summed E-state index contributed by atoms with van der Waals surface area (Å²) in [7, 11) is -3.76. The van der Waals surface area contributed by atoms with Crippen molar-refractivity contribution in [3.8, 4) is 0 Å². The molecule has 0 spiro atoms. The van der Waals surface area contributed by atoms with Gasteiger partial charge < -0.3 is 10.1 Å². The highest BCUT2D eigenvalue weighted by molar-refractivity contribution is 7.91. The van der Waals surface area contributed by atoms with E-state index in [1.54, 1.807) is 6.92 Å². The zero-order valence-corrected chi connectivity index (χ0v) is 11.9. The third-order valence-electron chi connectivity index (χ3n) is 2.66. The molecule has 0 N–H and O–H groups in total. The van der Waals surface area contributed by atoms with Crippen LogP contribution in [0.3, 0.4) is 0 Å². The normalized spacial score (nSPS) is 11.3. The number of aryl methyl sites for hydroxylation is 1. The van der Waals surface area contributed by atoms with Crippen LogP contribution in [-0.4, -0.2) is 18.3 Å². The predicted octanol–water partition coefficient (Wildman–Crippen LogP) is 2.78. The number of benzene rings is 1. The molecule has 0 saturated carbocycles. The number of pyridine rings is 1. The highest BCUT2D eigenvalue weighted by atomic mass is 35.5. The van der Waals surface area contributed by atoms with Crippen LogP contribution in [0.15, 0.2) is 46.3 Å². The van der Waals surface area contributed by atoms with Crippen LogP contribution in [0.1, 0.15) is 5.56 Å². The molecule has 8 heteroatoms. The first kappa shape index (κ1) is 14.4. The van der Waals surface area contributed by atoms with E-state index in [4.69, 9.17) is 11.6 Å². The molecular formula is C12H9ClN2O4S. The minimum atomic E-state index is -3.76. The summed E-state index contributed by atoms with van der Waals surface area (Å²) in [5.41, 5.74) is 0.627. The topological polar surface area (TPSA) is 90.2 Å². The lowest BCUT2D eigenvalue weighted by Gasteiger charge is -2.05. The number of rotatable bonds is 3.